The Balaban J connectivity index is 3.33. The van der Waals surface area contributed by atoms with Crippen molar-refractivity contribution in [2.45, 2.75) is 30.9 Å². The summed E-state index contributed by atoms with van der Waals surface area (Å²) < 4.78 is 39.6. The van der Waals surface area contributed by atoms with Gasteiger partial charge in [0, 0.05) is 0 Å². The van der Waals surface area contributed by atoms with Crippen LogP contribution in [0.15, 0.2) is 43.0 Å². The SMILES string of the molecule is C=CCC(O)(C(F)(F)F)[Si](C)(C)c1ccccc1. The van der Waals surface area contributed by atoms with E-state index in [1.165, 1.54) is 13.1 Å². The van der Waals surface area contributed by atoms with Gasteiger partial charge in [0.25, 0.3) is 0 Å². The van der Waals surface area contributed by atoms with Crippen molar-refractivity contribution in [1.29, 1.82) is 0 Å². The van der Waals surface area contributed by atoms with Crippen LogP contribution in [0.25, 0.3) is 0 Å². The van der Waals surface area contributed by atoms with Gasteiger partial charge in [0.05, 0.1) is 0 Å². The number of aliphatic hydroxyl groups is 1. The van der Waals surface area contributed by atoms with E-state index in [4.69, 9.17) is 0 Å². The quantitative estimate of drug-likeness (QED) is 0.661. The molecule has 0 aliphatic rings. The van der Waals surface area contributed by atoms with Gasteiger partial charge in [0.2, 0.25) is 0 Å². The van der Waals surface area contributed by atoms with Crippen molar-refractivity contribution < 1.29 is 18.3 Å². The molecule has 0 heterocycles. The van der Waals surface area contributed by atoms with E-state index < -0.39 is 25.9 Å². The number of alkyl halides is 3. The fraction of sp³-hybridized carbons (Fsp3) is 0.385. The second kappa shape index (κ2) is 4.89. The molecule has 100 valence electrons. The zero-order valence-corrected chi connectivity index (χ0v) is 11.5. The highest BCUT2D eigenvalue weighted by Crippen LogP contribution is 2.40. The summed E-state index contributed by atoms with van der Waals surface area (Å²) in [5.41, 5.74) is 0. The molecule has 0 fully saturated rings. The van der Waals surface area contributed by atoms with Crippen molar-refractivity contribution in [1.82, 2.24) is 0 Å². The van der Waals surface area contributed by atoms with E-state index in [2.05, 4.69) is 6.58 Å². The van der Waals surface area contributed by atoms with E-state index in [0.29, 0.717) is 5.19 Å². The van der Waals surface area contributed by atoms with Crippen molar-refractivity contribution in [3.8, 4) is 0 Å². The lowest BCUT2D eigenvalue weighted by molar-refractivity contribution is -0.227. The van der Waals surface area contributed by atoms with Gasteiger partial charge in [-0.2, -0.15) is 13.2 Å². The molecule has 0 amide bonds. The van der Waals surface area contributed by atoms with Crippen LogP contribution in [-0.2, 0) is 0 Å². The average Bonchev–Trinajstić information content (AvgIpc) is 2.28. The van der Waals surface area contributed by atoms with Crippen molar-refractivity contribution >= 4 is 13.3 Å². The van der Waals surface area contributed by atoms with Crippen molar-refractivity contribution in [2.24, 2.45) is 0 Å². The highest BCUT2D eigenvalue weighted by atomic mass is 28.3. The molecule has 1 N–H and O–H groups in total. The Morgan fingerprint density at radius 1 is 1.22 bits per heavy atom. The van der Waals surface area contributed by atoms with E-state index in [1.807, 2.05) is 0 Å². The third kappa shape index (κ3) is 2.37. The molecule has 0 bridgehead atoms. The van der Waals surface area contributed by atoms with Crippen LogP contribution in [0, 0.1) is 0 Å². The van der Waals surface area contributed by atoms with Gasteiger partial charge in [-0.1, -0.05) is 54.7 Å². The van der Waals surface area contributed by atoms with Crippen LogP contribution in [0.1, 0.15) is 6.42 Å². The van der Waals surface area contributed by atoms with Crippen LogP contribution in [-0.4, -0.2) is 24.6 Å². The molecule has 1 aromatic carbocycles. The molecule has 1 aromatic rings. The number of hydrogen-bond donors (Lipinski definition) is 1. The number of benzene rings is 1. The highest BCUT2D eigenvalue weighted by Gasteiger charge is 2.62. The van der Waals surface area contributed by atoms with Gasteiger partial charge < -0.3 is 5.11 Å². The molecule has 1 rings (SSSR count). The highest BCUT2D eigenvalue weighted by molar-refractivity contribution is 6.92. The lowest BCUT2D eigenvalue weighted by Crippen LogP contribution is -2.69. The fourth-order valence-electron chi connectivity index (χ4n) is 2.03. The summed E-state index contributed by atoms with van der Waals surface area (Å²) in [6.45, 7) is 6.38. The predicted octanol–water partition coefficient (Wildman–Crippen LogP) is 3.01. The van der Waals surface area contributed by atoms with Crippen molar-refractivity contribution in [3.63, 3.8) is 0 Å². The molecule has 1 nitrogen and oxygen atoms in total. The summed E-state index contributed by atoms with van der Waals surface area (Å²) in [6.07, 6.45) is -4.01. The molecular formula is C13H17F3OSi. The Morgan fingerprint density at radius 2 is 1.72 bits per heavy atom. The van der Waals surface area contributed by atoms with E-state index in [1.54, 1.807) is 30.3 Å². The second-order valence-corrected chi connectivity index (χ2v) is 9.50. The summed E-state index contributed by atoms with van der Waals surface area (Å²) >= 11 is 0. The Hall–Kier alpha value is -1.07. The molecule has 0 saturated heterocycles. The first-order chi connectivity index (χ1) is 8.17. The Labute approximate surface area is 106 Å². The maximum Gasteiger partial charge on any atom is 0.414 e. The van der Waals surface area contributed by atoms with Gasteiger partial charge in [-0.05, 0) is 6.42 Å². The van der Waals surface area contributed by atoms with Gasteiger partial charge in [0.15, 0.2) is 5.22 Å². The van der Waals surface area contributed by atoms with E-state index in [0.717, 1.165) is 6.08 Å². The Morgan fingerprint density at radius 3 is 2.11 bits per heavy atom. The van der Waals surface area contributed by atoms with Crippen LogP contribution in [0.5, 0.6) is 0 Å². The molecular weight excluding hydrogens is 257 g/mol. The molecule has 0 aliphatic carbocycles. The monoisotopic (exact) mass is 274 g/mol. The van der Waals surface area contributed by atoms with Gasteiger partial charge in [0.1, 0.15) is 8.07 Å². The smallest absolute Gasteiger partial charge is 0.383 e. The molecule has 0 radical (unpaired) electrons. The van der Waals surface area contributed by atoms with Gasteiger partial charge in [-0.25, -0.2) is 0 Å². The molecule has 1 unspecified atom stereocenters. The molecule has 0 aromatic heterocycles. The minimum Gasteiger partial charge on any atom is -0.383 e. The minimum absolute atomic E-state index is 0.482. The molecule has 18 heavy (non-hydrogen) atoms. The molecule has 1 atom stereocenters. The molecule has 0 aliphatic heterocycles. The van der Waals surface area contributed by atoms with Crippen LogP contribution in [0.2, 0.25) is 13.1 Å². The minimum atomic E-state index is -4.66. The Kier molecular flexibility index (Phi) is 4.07. The fourth-order valence-corrected chi connectivity index (χ4v) is 4.89. The molecule has 0 spiro atoms. The van der Waals surface area contributed by atoms with Crippen LogP contribution < -0.4 is 5.19 Å². The van der Waals surface area contributed by atoms with E-state index >= 15 is 0 Å². The van der Waals surface area contributed by atoms with Gasteiger partial charge in [-0.15, -0.1) is 6.58 Å². The topological polar surface area (TPSA) is 20.2 Å². The predicted molar refractivity (Wildman–Crippen MR) is 69.4 cm³/mol. The summed E-state index contributed by atoms with van der Waals surface area (Å²) in [5, 5.41) is 8.08. The average molecular weight is 274 g/mol. The van der Waals surface area contributed by atoms with Crippen molar-refractivity contribution in [2.75, 3.05) is 0 Å². The summed E-state index contributed by atoms with van der Waals surface area (Å²) in [5.74, 6) is 0. The van der Waals surface area contributed by atoms with E-state index in [9.17, 15) is 18.3 Å². The number of rotatable bonds is 4. The van der Waals surface area contributed by atoms with Gasteiger partial charge in [-0.3, -0.25) is 0 Å². The van der Waals surface area contributed by atoms with Crippen molar-refractivity contribution in [3.05, 3.63) is 43.0 Å². The summed E-state index contributed by atoms with van der Waals surface area (Å²) in [6, 6.07) is 8.41. The maximum atomic E-state index is 13.2. The van der Waals surface area contributed by atoms with Gasteiger partial charge >= 0.3 is 6.18 Å². The Bertz CT molecular complexity index is 414. The van der Waals surface area contributed by atoms with Crippen LogP contribution >= 0.6 is 0 Å². The first kappa shape index (κ1) is 15.0. The maximum absolute atomic E-state index is 13.2. The zero-order valence-electron chi connectivity index (χ0n) is 10.5. The lowest BCUT2D eigenvalue weighted by Gasteiger charge is -2.42. The summed E-state index contributed by atoms with van der Waals surface area (Å²) in [4.78, 5) is 0. The first-order valence-electron chi connectivity index (χ1n) is 5.62. The van der Waals surface area contributed by atoms with Crippen LogP contribution in [0.3, 0.4) is 0 Å². The number of halogens is 3. The molecule has 0 saturated carbocycles. The third-order valence-corrected chi connectivity index (χ3v) is 7.77. The summed E-state index contributed by atoms with van der Waals surface area (Å²) in [7, 11) is -3.13. The third-order valence-electron chi connectivity index (χ3n) is 3.44. The second-order valence-electron chi connectivity index (χ2n) is 4.84. The molecule has 5 heteroatoms. The van der Waals surface area contributed by atoms with E-state index in [-0.39, 0.29) is 0 Å². The standard InChI is InChI=1S/C13H17F3OSi/c1-4-10-12(17,13(14,15)16)18(2,3)11-8-6-5-7-9-11/h4-9,17H,1,10H2,2-3H3. The normalized spacial score (nSPS) is 16.1. The van der Waals surface area contributed by atoms with Crippen LogP contribution in [0.4, 0.5) is 13.2 Å². The first-order valence-corrected chi connectivity index (χ1v) is 8.62. The lowest BCUT2D eigenvalue weighted by atomic mass is 10.2. The number of hydrogen-bond acceptors (Lipinski definition) is 1. The zero-order chi connectivity index (χ0) is 14.0. The largest absolute Gasteiger partial charge is 0.414 e.